The molecule has 0 aromatic heterocycles. The first-order chi connectivity index (χ1) is 6.66. The minimum Gasteiger partial charge on any atom is -0.325 e. The Kier molecular flexibility index (Phi) is 2.56. The van der Waals surface area contributed by atoms with Crippen LogP contribution in [0.25, 0.3) is 0 Å². The largest absolute Gasteiger partial charge is 0.325 e. The summed E-state index contributed by atoms with van der Waals surface area (Å²) in [5.41, 5.74) is 2.01. The van der Waals surface area contributed by atoms with E-state index in [-0.39, 0.29) is 11.9 Å². The Morgan fingerprint density at radius 3 is 3.07 bits per heavy atom. The van der Waals surface area contributed by atoms with Crippen LogP contribution in [0.5, 0.6) is 0 Å². The van der Waals surface area contributed by atoms with E-state index >= 15 is 0 Å². The standard InChI is InChI=1S/C10H11BrN2O/c1-6-8-4-7(11)2-3-9(8)13-10(14)5-12-6/h2-4,6,12H,5H2,1H3,(H,13,14). The summed E-state index contributed by atoms with van der Waals surface area (Å²) >= 11 is 3.42. The van der Waals surface area contributed by atoms with E-state index in [2.05, 4.69) is 26.6 Å². The first-order valence-corrected chi connectivity index (χ1v) is 5.29. The Bertz CT molecular complexity index is 378. The van der Waals surface area contributed by atoms with E-state index in [0.717, 1.165) is 15.7 Å². The lowest BCUT2D eigenvalue weighted by molar-refractivity contribution is -0.115. The molecule has 0 saturated heterocycles. The zero-order valence-electron chi connectivity index (χ0n) is 7.80. The molecule has 0 bridgehead atoms. The van der Waals surface area contributed by atoms with Crippen molar-refractivity contribution in [2.45, 2.75) is 13.0 Å². The van der Waals surface area contributed by atoms with Gasteiger partial charge in [0.05, 0.1) is 6.54 Å². The van der Waals surface area contributed by atoms with Crippen LogP contribution < -0.4 is 10.6 Å². The van der Waals surface area contributed by atoms with Crippen LogP contribution in [0.2, 0.25) is 0 Å². The molecule has 1 atom stereocenters. The van der Waals surface area contributed by atoms with Crippen molar-refractivity contribution in [1.29, 1.82) is 0 Å². The van der Waals surface area contributed by atoms with Gasteiger partial charge in [-0.15, -0.1) is 0 Å². The van der Waals surface area contributed by atoms with Gasteiger partial charge in [-0.1, -0.05) is 15.9 Å². The maximum atomic E-state index is 11.3. The summed E-state index contributed by atoms with van der Waals surface area (Å²) in [6.07, 6.45) is 0. The van der Waals surface area contributed by atoms with Gasteiger partial charge in [0.25, 0.3) is 0 Å². The van der Waals surface area contributed by atoms with E-state index in [4.69, 9.17) is 0 Å². The number of rotatable bonds is 0. The molecule has 0 spiro atoms. The average molecular weight is 255 g/mol. The highest BCUT2D eigenvalue weighted by molar-refractivity contribution is 9.10. The molecule has 2 rings (SSSR count). The van der Waals surface area contributed by atoms with Gasteiger partial charge in [0.15, 0.2) is 0 Å². The van der Waals surface area contributed by atoms with Crippen LogP contribution in [-0.2, 0) is 4.79 Å². The average Bonchev–Trinajstić information content (AvgIpc) is 2.29. The molecule has 0 radical (unpaired) electrons. The van der Waals surface area contributed by atoms with Crippen LogP contribution in [0, 0.1) is 0 Å². The van der Waals surface area contributed by atoms with Crippen molar-refractivity contribution in [2.24, 2.45) is 0 Å². The molecule has 1 aromatic carbocycles. The van der Waals surface area contributed by atoms with Gasteiger partial charge in [0.2, 0.25) is 5.91 Å². The van der Waals surface area contributed by atoms with Gasteiger partial charge in [-0.05, 0) is 30.7 Å². The van der Waals surface area contributed by atoms with E-state index in [1.807, 2.05) is 25.1 Å². The Balaban J connectivity index is 2.46. The lowest BCUT2D eigenvalue weighted by Gasteiger charge is -2.12. The second kappa shape index (κ2) is 3.71. The molecular weight excluding hydrogens is 244 g/mol. The fraction of sp³-hybridized carbons (Fsp3) is 0.300. The van der Waals surface area contributed by atoms with Crippen molar-refractivity contribution in [3.05, 3.63) is 28.2 Å². The lowest BCUT2D eigenvalue weighted by Crippen LogP contribution is -2.25. The Labute approximate surface area is 91.0 Å². The fourth-order valence-electron chi connectivity index (χ4n) is 1.56. The number of nitrogens with one attached hydrogen (secondary N) is 2. The number of anilines is 1. The van der Waals surface area contributed by atoms with Gasteiger partial charge in [-0.25, -0.2) is 0 Å². The van der Waals surface area contributed by atoms with Crippen molar-refractivity contribution in [3.8, 4) is 0 Å². The molecular formula is C10H11BrN2O. The summed E-state index contributed by atoms with van der Waals surface area (Å²) in [5, 5.41) is 6.00. The van der Waals surface area contributed by atoms with Gasteiger partial charge in [0, 0.05) is 16.2 Å². The first-order valence-electron chi connectivity index (χ1n) is 4.49. The van der Waals surface area contributed by atoms with Crippen LogP contribution in [0.15, 0.2) is 22.7 Å². The Hall–Kier alpha value is -0.870. The third-order valence-electron chi connectivity index (χ3n) is 2.32. The molecule has 1 aliphatic rings. The summed E-state index contributed by atoms with van der Waals surface area (Å²) in [6, 6.07) is 6.07. The Morgan fingerprint density at radius 2 is 2.29 bits per heavy atom. The number of amides is 1. The van der Waals surface area contributed by atoms with Crippen molar-refractivity contribution < 1.29 is 4.79 Å². The highest BCUT2D eigenvalue weighted by Gasteiger charge is 2.17. The number of carbonyl (C=O) groups is 1. The molecule has 74 valence electrons. The number of hydrogen-bond donors (Lipinski definition) is 2. The van der Waals surface area contributed by atoms with Crippen molar-refractivity contribution >= 4 is 27.5 Å². The molecule has 1 amide bonds. The maximum absolute atomic E-state index is 11.3. The summed E-state index contributed by atoms with van der Waals surface area (Å²) < 4.78 is 1.03. The summed E-state index contributed by atoms with van der Waals surface area (Å²) in [5.74, 6) is 0.0120. The number of benzene rings is 1. The number of halogens is 1. The van der Waals surface area contributed by atoms with Gasteiger partial charge in [-0.2, -0.15) is 0 Å². The number of hydrogen-bond acceptors (Lipinski definition) is 2. The van der Waals surface area contributed by atoms with Gasteiger partial charge in [0.1, 0.15) is 0 Å². The highest BCUT2D eigenvalue weighted by Crippen LogP contribution is 2.27. The molecule has 0 saturated carbocycles. The second-order valence-corrected chi connectivity index (χ2v) is 4.30. The lowest BCUT2D eigenvalue weighted by atomic mass is 10.1. The normalized spacial score (nSPS) is 21.0. The van der Waals surface area contributed by atoms with Crippen LogP contribution >= 0.6 is 15.9 Å². The van der Waals surface area contributed by atoms with Crippen molar-refractivity contribution in [3.63, 3.8) is 0 Å². The predicted octanol–water partition coefficient (Wildman–Crippen LogP) is 2.05. The number of carbonyl (C=O) groups excluding carboxylic acids is 1. The topological polar surface area (TPSA) is 41.1 Å². The fourth-order valence-corrected chi connectivity index (χ4v) is 1.93. The molecule has 2 N–H and O–H groups in total. The van der Waals surface area contributed by atoms with Crippen molar-refractivity contribution in [1.82, 2.24) is 5.32 Å². The van der Waals surface area contributed by atoms with Gasteiger partial charge < -0.3 is 10.6 Å². The summed E-state index contributed by atoms with van der Waals surface area (Å²) in [7, 11) is 0. The zero-order valence-corrected chi connectivity index (χ0v) is 9.39. The van der Waals surface area contributed by atoms with E-state index in [9.17, 15) is 4.79 Å². The Morgan fingerprint density at radius 1 is 1.50 bits per heavy atom. The molecule has 3 nitrogen and oxygen atoms in total. The van der Waals surface area contributed by atoms with E-state index in [1.54, 1.807) is 0 Å². The SMILES string of the molecule is CC1NCC(=O)Nc2ccc(Br)cc21. The van der Waals surface area contributed by atoms with Gasteiger partial charge >= 0.3 is 0 Å². The molecule has 1 aliphatic heterocycles. The highest BCUT2D eigenvalue weighted by atomic mass is 79.9. The second-order valence-electron chi connectivity index (χ2n) is 3.38. The molecule has 0 fully saturated rings. The van der Waals surface area contributed by atoms with Crippen LogP contribution in [0.4, 0.5) is 5.69 Å². The molecule has 4 heteroatoms. The number of fused-ring (bicyclic) bond motifs is 1. The van der Waals surface area contributed by atoms with Crippen molar-refractivity contribution in [2.75, 3.05) is 11.9 Å². The molecule has 1 aromatic rings. The quantitative estimate of drug-likeness (QED) is 0.745. The predicted molar refractivity (Wildman–Crippen MR) is 59.2 cm³/mol. The molecule has 1 heterocycles. The van der Waals surface area contributed by atoms with E-state index in [0.29, 0.717) is 6.54 Å². The minimum atomic E-state index is 0.0120. The zero-order chi connectivity index (χ0) is 10.1. The third kappa shape index (κ3) is 1.81. The maximum Gasteiger partial charge on any atom is 0.238 e. The summed E-state index contributed by atoms with van der Waals surface area (Å²) in [4.78, 5) is 11.3. The van der Waals surface area contributed by atoms with Crippen LogP contribution in [-0.4, -0.2) is 12.5 Å². The van der Waals surface area contributed by atoms with Crippen LogP contribution in [0.1, 0.15) is 18.5 Å². The minimum absolute atomic E-state index is 0.0120. The third-order valence-corrected chi connectivity index (χ3v) is 2.82. The van der Waals surface area contributed by atoms with E-state index < -0.39 is 0 Å². The van der Waals surface area contributed by atoms with E-state index in [1.165, 1.54) is 0 Å². The molecule has 0 aliphatic carbocycles. The van der Waals surface area contributed by atoms with Gasteiger partial charge in [-0.3, -0.25) is 4.79 Å². The molecule has 1 unspecified atom stereocenters. The smallest absolute Gasteiger partial charge is 0.238 e. The summed E-state index contributed by atoms with van der Waals surface area (Å²) in [6.45, 7) is 2.42. The molecule has 14 heavy (non-hydrogen) atoms. The van der Waals surface area contributed by atoms with Crippen LogP contribution in [0.3, 0.4) is 0 Å². The first kappa shape index (κ1) is 9.68. The monoisotopic (exact) mass is 254 g/mol.